The number of ether oxygens (including phenoxy) is 2. The fourth-order valence-corrected chi connectivity index (χ4v) is 3.98. The first-order chi connectivity index (χ1) is 12.1. The van der Waals surface area contributed by atoms with Gasteiger partial charge in [-0.15, -0.1) is 11.3 Å². The Morgan fingerprint density at radius 2 is 1.96 bits per heavy atom. The van der Waals surface area contributed by atoms with Crippen molar-refractivity contribution in [2.45, 2.75) is 38.7 Å². The highest BCUT2D eigenvalue weighted by Gasteiger charge is 2.23. The Hall–Kier alpha value is -2.34. The van der Waals surface area contributed by atoms with E-state index in [1.54, 1.807) is 25.1 Å². The van der Waals surface area contributed by atoms with Crippen molar-refractivity contribution in [1.29, 1.82) is 0 Å². The maximum atomic E-state index is 12.3. The number of para-hydroxylation sites is 2. The third-order valence-corrected chi connectivity index (χ3v) is 5.43. The number of nitrogens with one attached hydrogen (secondary N) is 1. The lowest BCUT2D eigenvalue weighted by molar-refractivity contribution is -0.123. The Morgan fingerprint density at radius 3 is 2.72 bits per heavy atom. The molecule has 1 aliphatic rings. The second-order valence-corrected chi connectivity index (χ2v) is 7.14. The Labute approximate surface area is 151 Å². The minimum atomic E-state index is -0.892. The summed E-state index contributed by atoms with van der Waals surface area (Å²) in [6.07, 6.45) is 3.48. The molecule has 1 heterocycles. The van der Waals surface area contributed by atoms with Crippen LogP contribution in [0, 0.1) is 0 Å². The highest BCUT2D eigenvalue weighted by Crippen LogP contribution is 2.30. The molecule has 1 unspecified atom stereocenters. The molecule has 0 saturated heterocycles. The van der Waals surface area contributed by atoms with Gasteiger partial charge in [0.2, 0.25) is 0 Å². The lowest BCUT2D eigenvalue weighted by atomic mass is 9.99. The van der Waals surface area contributed by atoms with Gasteiger partial charge in [-0.1, -0.05) is 12.1 Å². The number of anilines is 1. The fourth-order valence-electron chi connectivity index (χ4n) is 2.85. The Bertz CT molecular complexity index is 760. The molecule has 0 saturated carbocycles. The molecule has 3 rings (SSSR count). The molecule has 2 aromatic rings. The van der Waals surface area contributed by atoms with E-state index in [2.05, 4.69) is 5.32 Å². The van der Waals surface area contributed by atoms with E-state index in [0.717, 1.165) is 19.3 Å². The van der Waals surface area contributed by atoms with Crippen molar-refractivity contribution in [2.75, 3.05) is 12.4 Å². The van der Waals surface area contributed by atoms with E-state index >= 15 is 0 Å². The van der Waals surface area contributed by atoms with Gasteiger partial charge in [0.1, 0.15) is 10.6 Å². The molecule has 0 spiro atoms. The SMILES string of the molecule is COc1ccccc1NC(=O)C(C)OC(=O)c1cc2c(s1)CCCC2. The van der Waals surface area contributed by atoms with Crippen LogP contribution >= 0.6 is 11.3 Å². The van der Waals surface area contributed by atoms with E-state index < -0.39 is 12.1 Å². The molecule has 5 nitrogen and oxygen atoms in total. The van der Waals surface area contributed by atoms with Gasteiger partial charge < -0.3 is 14.8 Å². The third-order valence-electron chi connectivity index (χ3n) is 4.22. The van der Waals surface area contributed by atoms with Gasteiger partial charge in [0.25, 0.3) is 5.91 Å². The van der Waals surface area contributed by atoms with Crippen molar-refractivity contribution in [3.05, 3.63) is 45.6 Å². The number of carbonyl (C=O) groups excluding carboxylic acids is 2. The summed E-state index contributed by atoms with van der Waals surface area (Å²) in [6, 6.07) is 9.01. The quantitative estimate of drug-likeness (QED) is 0.824. The molecule has 1 aromatic carbocycles. The first-order valence-corrected chi connectivity index (χ1v) is 9.16. The van der Waals surface area contributed by atoms with E-state index in [1.807, 2.05) is 12.1 Å². The molecule has 0 radical (unpaired) electrons. The number of benzene rings is 1. The largest absolute Gasteiger partial charge is 0.495 e. The van der Waals surface area contributed by atoms with Crippen molar-refractivity contribution in [3.63, 3.8) is 0 Å². The molecule has 0 bridgehead atoms. The maximum absolute atomic E-state index is 12.3. The Morgan fingerprint density at radius 1 is 1.20 bits per heavy atom. The number of carbonyl (C=O) groups is 2. The third kappa shape index (κ3) is 4.02. The predicted octanol–water partition coefficient (Wildman–Crippen LogP) is 3.82. The van der Waals surface area contributed by atoms with Crippen molar-refractivity contribution in [2.24, 2.45) is 0 Å². The summed E-state index contributed by atoms with van der Waals surface area (Å²) in [5.41, 5.74) is 1.79. The second-order valence-electron chi connectivity index (χ2n) is 6.00. The van der Waals surface area contributed by atoms with Crippen LogP contribution in [0.3, 0.4) is 0 Å². The summed E-state index contributed by atoms with van der Waals surface area (Å²) in [7, 11) is 1.53. The van der Waals surface area contributed by atoms with Crippen LogP contribution in [0.15, 0.2) is 30.3 Å². The Balaban J connectivity index is 1.63. The van der Waals surface area contributed by atoms with Gasteiger partial charge >= 0.3 is 5.97 Å². The molecule has 1 aromatic heterocycles. The van der Waals surface area contributed by atoms with Crippen LogP contribution < -0.4 is 10.1 Å². The van der Waals surface area contributed by atoms with E-state index in [4.69, 9.17) is 9.47 Å². The summed E-state index contributed by atoms with van der Waals surface area (Å²) < 4.78 is 10.5. The van der Waals surface area contributed by atoms with Gasteiger partial charge in [-0.25, -0.2) is 4.79 Å². The number of hydrogen-bond acceptors (Lipinski definition) is 5. The van der Waals surface area contributed by atoms with Gasteiger partial charge in [-0.2, -0.15) is 0 Å². The topological polar surface area (TPSA) is 64.6 Å². The van der Waals surface area contributed by atoms with Gasteiger partial charge in [0, 0.05) is 4.88 Å². The zero-order chi connectivity index (χ0) is 17.8. The summed E-state index contributed by atoms with van der Waals surface area (Å²) >= 11 is 1.48. The van der Waals surface area contributed by atoms with E-state index in [-0.39, 0.29) is 5.91 Å². The number of hydrogen-bond donors (Lipinski definition) is 1. The Kier molecular flexibility index (Phi) is 5.38. The van der Waals surface area contributed by atoms with Gasteiger partial charge in [-0.05, 0) is 56.4 Å². The van der Waals surface area contributed by atoms with E-state index in [1.165, 1.54) is 35.3 Å². The summed E-state index contributed by atoms with van der Waals surface area (Å²) in [5.74, 6) is -0.276. The minimum absolute atomic E-state index is 0.390. The van der Waals surface area contributed by atoms with Crippen molar-refractivity contribution in [3.8, 4) is 5.75 Å². The van der Waals surface area contributed by atoms with Gasteiger partial charge in [0.15, 0.2) is 6.10 Å². The molecule has 1 N–H and O–H groups in total. The molecular formula is C19H21NO4S. The fraction of sp³-hybridized carbons (Fsp3) is 0.368. The number of esters is 1. The van der Waals surface area contributed by atoms with Gasteiger partial charge in [-0.3, -0.25) is 4.79 Å². The molecular weight excluding hydrogens is 338 g/mol. The van der Waals surface area contributed by atoms with Crippen LogP contribution in [0.4, 0.5) is 5.69 Å². The molecule has 0 fully saturated rings. The number of rotatable bonds is 5. The van der Waals surface area contributed by atoms with Crippen LogP contribution in [-0.2, 0) is 22.4 Å². The molecule has 6 heteroatoms. The zero-order valence-corrected chi connectivity index (χ0v) is 15.2. The molecule has 132 valence electrons. The van der Waals surface area contributed by atoms with Crippen molar-refractivity contribution >= 4 is 28.9 Å². The monoisotopic (exact) mass is 359 g/mol. The molecule has 25 heavy (non-hydrogen) atoms. The minimum Gasteiger partial charge on any atom is -0.495 e. The van der Waals surface area contributed by atoms with Crippen molar-refractivity contribution in [1.82, 2.24) is 0 Å². The smallest absolute Gasteiger partial charge is 0.349 e. The number of fused-ring (bicyclic) bond motifs is 1. The van der Waals surface area contributed by atoms with Crippen LogP contribution in [0.5, 0.6) is 5.75 Å². The average Bonchev–Trinajstić information content (AvgIpc) is 3.06. The highest BCUT2D eigenvalue weighted by molar-refractivity contribution is 7.14. The number of amides is 1. The number of aryl methyl sites for hydroxylation is 2. The first-order valence-electron chi connectivity index (χ1n) is 8.35. The summed E-state index contributed by atoms with van der Waals surface area (Å²) in [4.78, 5) is 26.5. The normalized spacial score (nSPS) is 14.3. The number of methoxy groups -OCH3 is 1. The highest BCUT2D eigenvalue weighted by atomic mass is 32.1. The standard InChI is InChI=1S/C19H21NO4S/c1-12(18(21)20-14-8-4-5-9-15(14)23-2)24-19(22)17-11-13-7-3-6-10-16(13)25-17/h4-5,8-9,11-12H,3,6-7,10H2,1-2H3,(H,20,21). The summed E-state index contributed by atoms with van der Waals surface area (Å²) in [5, 5.41) is 2.73. The van der Waals surface area contributed by atoms with Crippen LogP contribution in [0.2, 0.25) is 0 Å². The first kappa shape index (κ1) is 17.5. The lowest BCUT2D eigenvalue weighted by Gasteiger charge is -2.14. The van der Waals surface area contributed by atoms with Crippen LogP contribution in [0.25, 0.3) is 0 Å². The maximum Gasteiger partial charge on any atom is 0.349 e. The second kappa shape index (κ2) is 7.70. The molecule has 1 atom stereocenters. The molecule has 1 amide bonds. The summed E-state index contributed by atoms with van der Waals surface area (Å²) in [6.45, 7) is 1.57. The average molecular weight is 359 g/mol. The predicted molar refractivity (Wildman–Crippen MR) is 97.5 cm³/mol. The van der Waals surface area contributed by atoms with Crippen LogP contribution in [-0.4, -0.2) is 25.1 Å². The van der Waals surface area contributed by atoms with E-state index in [0.29, 0.717) is 16.3 Å². The van der Waals surface area contributed by atoms with Gasteiger partial charge in [0.05, 0.1) is 12.8 Å². The lowest BCUT2D eigenvalue weighted by Crippen LogP contribution is -2.29. The van der Waals surface area contributed by atoms with Crippen molar-refractivity contribution < 1.29 is 19.1 Å². The number of thiophene rings is 1. The zero-order valence-electron chi connectivity index (χ0n) is 14.3. The molecule has 1 aliphatic carbocycles. The van der Waals surface area contributed by atoms with E-state index in [9.17, 15) is 9.59 Å². The molecule has 0 aliphatic heterocycles. The van der Waals surface area contributed by atoms with Crippen LogP contribution in [0.1, 0.15) is 39.9 Å².